The summed E-state index contributed by atoms with van der Waals surface area (Å²) in [5.41, 5.74) is 7.78. The van der Waals surface area contributed by atoms with E-state index in [1.807, 2.05) is 24.3 Å². The minimum absolute atomic E-state index is 0.153. The average Bonchev–Trinajstić information content (AvgIpc) is 2.40. The highest BCUT2D eigenvalue weighted by molar-refractivity contribution is 5.36. The number of nitriles is 1. The van der Waals surface area contributed by atoms with Crippen molar-refractivity contribution >= 4 is 0 Å². The van der Waals surface area contributed by atoms with Crippen LogP contribution in [-0.4, -0.2) is 12.1 Å². The molecular weight excluding hydrogens is 224 g/mol. The second kappa shape index (κ2) is 5.99. The Morgan fingerprint density at radius 2 is 1.94 bits per heavy atom. The molecule has 1 fully saturated rings. The maximum absolute atomic E-state index is 8.99. The van der Waals surface area contributed by atoms with Crippen molar-refractivity contribution < 1.29 is 4.74 Å². The van der Waals surface area contributed by atoms with Gasteiger partial charge in [0, 0.05) is 5.54 Å². The monoisotopic (exact) mass is 244 g/mol. The molecule has 18 heavy (non-hydrogen) atoms. The molecule has 0 aromatic heterocycles. The van der Waals surface area contributed by atoms with Gasteiger partial charge in [0.1, 0.15) is 0 Å². The molecule has 0 atom stereocenters. The molecule has 0 unspecified atom stereocenters. The SMILES string of the molecule is N#Cc1ccccc1COCC1(N)CCCCC1. The summed E-state index contributed by atoms with van der Waals surface area (Å²) in [5, 5.41) is 8.99. The van der Waals surface area contributed by atoms with Gasteiger partial charge in [-0.3, -0.25) is 0 Å². The van der Waals surface area contributed by atoms with Gasteiger partial charge in [-0.15, -0.1) is 0 Å². The highest BCUT2D eigenvalue weighted by atomic mass is 16.5. The van der Waals surface area contributed by atoms with E-state index in [4.69, 9.17) is 15.7 Å². The molecular formula is C15H20N2O. The standard InChI is InChI=1S/C15H20N2O/c16-10-13-6-2-3-7-14(13)11-18-12-15(17)8-4-1-5-9-15/h2-3,6-7H,1,4-5,8-9,11-12,17H2. The summed E-state index contributed by atoms with van der Waals surface area (Å²) in [6.45, 7) is 1.06. The third-order valence-corrected chi connectivity index (χ3v) is 3.63. The van der Waals surface area contributed by atoms with Crippen molar-refractivity contribution in [3.8, 4) is 6.07 Å². The lowest BCUT2D eigenvalue weighted by atomic mass is 9.83. The minimum Gasteiger partial charge on any atom is -0.375 e. The van der Waals surface area contributed by atoms with Gasteiger partial charge in [0.2, 0.25) is 0 Å². The first-order valence-electron chi connectivity index (χ1n) is 6.58. The molecule has 3 nitrogen and oxygen atoms in total. The van der Waals surface area contributed by atoms with Gasteiger partial charge in [0.05, 0.1) is 24.8 Å². The Morgan fingerprint density at radius 3 is 2.67 bits per heavy atom. The summed E-state index contributed by atoms with van der Waals surface area (Å²) in [6, 6.07) is 9.73. The Bertz CT molecular complexity index is 430. The molecule has 1 saturated carbocycles. The topological polar surface area (TPSA) is 59.0 Å². The van der Waals surface area contributed by atoms with Crippen molar-refractivity contribution in [2.75, 3.05) is 6.61 Å². The summed E-state index contributed by atoms with van der Waals surface area (Å²) in [5.74, 6) is 0. The van der Waals surface area contributed by atoms with Gasteiger partial charge in [-0.05, 0) is 24.5 Å². The lowest BCUT2D eigenvalue weighted by Crippen LogP contribution is -2.46. The van der Waals surface area contributed by atoms with E-state index in [1.165, 1.54) is 19.3 Å². The lowest BCUT2D eigenvalue weighted by Gasteiger charge is -2.33. The third-order valence-electron chi connectivity index (χ3n) is 3.63. The van der Waals surface area contributed by atoms with Gasteiger partial charge in [0.15, 0.2) is 0 Å². The molecule has 0 spiro atoms. The predicted molar refractivity (Wildman–Crippen MR) is 70.8 cm³/mol. The van der Waals surface area contributed by atoms with Crippen LogP contribution in [0.4, 0.5) is 0 Å². The van der Waals surface area contributed by atoms with E-state index in [-0.39, 0.29) is 5.54 Å². The van der Waals surface area contributed by atoms with Crippen LogP contribution in [0.3, 0.4) is 0 Å². The van der Waals surface area contributed by atoms with Gasteiger partial charge in [0.25, 0.3) is 0 Å². The first kappa shape index (κ1) is 13.1. The minimum atomic E-state index is -0.153. The molecule has 2 rings (SSSR count). The van der Waals surface area contributed by atoms with Crippen molar-refractivity contribution in [1.29, 1.82) is 5.26 Å². The van der Waals surface area contributed by atoms with Crippen LogP contribution in [0.25, 0.3) is 0 Å². The quantitative estimate of drug-likeness (QED) is 0.886. The molecule has 1 aromatic rings. The van der Waals surface area contributed by atoms with Crippen LogP contribution < -0.4 is 5.73 Å². The van der Waals surface area contributed by atoms with E-state index in [2.05, 4.69) is 6.07 Å². The van der Waals surface area contributed by atoms with Crippen LogP contribution in [-0.2, 0) is 11.3 Å². The fourth-order valence-corrected chi connectivity index (χ4v) is 2.52. The molecule has 0 aliphatic heterocycles. The Balaban J connectivity index is 1.86. The van der Waals surface area contributed by atoms with Crippen molar-refractivity contribution in [2.24, 2.45) is 5.73 Å². The maximum Gasteiger partial charge on any atom is 0.0995 e. The largest absolute Gasteiger partial charge is 0.375 e. The van der Waals surface area contributed by atoms with E-state index < -0.39 is 0 Å². The van der Waals surface area contributed by atoms with Crippen LogP contribution >= 0.6 is 0 Å². The summed E-state index contributed by atoms with van der Waals surface area (Å²) >= 11 is 0. The zero-order valence-electron chi connectivity index (χ0n) is 10.7. The summed E-state index contributed by atoms with van der Waals surface area (Å²) < 4.78 is 5.73. The lowest BCUT2D eigenvalue weighted by molar-refractivity contribution is 0.0573. The van der Waals surface area contributed by atoms with Crippen LogP contribution in [0.2, 0.25) is 0 Å². The normalized spacial score (nSPS) is 18.2. The van der Waals surface area contributed by atoms with E-state index >= 15 is 0 Å². The van der Waals surface area contributed by atoms with Gasteiger partial charge in [-0.2, -0.15) is 5.26 Å². The molecule has 0 amide bonds. The Morgan fingerprint density at radius 1 is 1.22 bits per heavy atom. The number of benzene rings is 1. The Labute approximate surface area is 109 Å². The number of nitrogens with zero attached hydrogens (tertiary/aromatic N) is 1. The molecule has 1 aliphatic carbocycles. The second-order valence-corrected chi connectivity index (χ2v) is 5.18. The third kappa shape index (κ3) is 3.32. The molecule has 1 aromatic carbocycles. The van der Waals surface area contributed by atoms with Gasteiger partial charge in [-0.1, -0.05) is 37.5 Å². The predicted octanol–water partition coefficient (Wildman–Crippen LogP) is 2.74. The molecule has 0 bridgehead atoms. The maximum atomic E-state index is 8.99. The number of rotatable bonds is 4. The van der Waals surface area contributed by atoms with Gasteiger partial charge in [-0.25, -0.2) is 0 Å². The number of hydrogen-bond acceptors (Lipinski definition) is 3. The van der Waals surface area contributed by atoms with Crippen LogP contribution in [0.15, 0.2) is 24.3 Å². The van der Waals surface area contributed by atoms with Gasteiger partial charge >= 0.3 is 0 Å². The number of hydrogen-bond donors (Lipinski definition) is 1. The van der Waals surface area contributed by atoms with Crippen LogP contribution in [0.1, 0.15) is 43.2 Å². The zero-order valence-corrected chi connectivity index (χ0v) is 10.7. The zero-order chi connectivity index (χ0) is 12.8. The number of ether oxygens (including phenoxy) is 1. The van der Waals surface area contributed by atoms with Crippen LogP contribution in [0, 0.1) is 11.3 Å². The van der Waals surface area contributed by atoms with E-state index in [0.717, 1.165) is 18.4 Å². The molecule has 0 saturated heterocycles. The molecule has 0 radical (unpaired) electrons. The fraction of sp³-hybridized carbons (Fsp3) is 0.533. The first-order valence-corrected chi connectivity index (χ1v) is 6.58. The van der Waals surface area contributed by atoms with Crippen molar-refractivity contribution in [3.05, 3.63) is 35.4 Å². The Kier molecular flexibility index (Phi) is 4.35. The van der Waals surface area contributed by atoms with Crippen molar-refractivity contribution in [1.82, 2.24) is 0 Å². The summed E-state index contributed by atoms with van der Waals surface area (Å²) in [4.78, 5) is 0. The molecule has 0 heterocycles. The van der Waals surface area contributed by atoms with Crippen molar-refractivity contribution in [2.45, 2.75) is 44.2 Å². The number of nitrogens with two attached hydrogens (primary N) is 1. The van der Waals surface area contributed by atoms with E-state index in [0.29, 0.717) is 18.8 Å². The molecule has 2 N–H and O–H groups in total. The smallest absolute Gasteiger partial charge is 0.0995 e. The Hall–Kier alpha value is -1.37. The fourth-order valence-electron chi connectivity index (χ4n) is 2.52. The van der Waals surface area contributed by atoms with E-state index in [9.17, 15) is 0 Å². The van der Waals surface area contributed by atoms with Crippen LogP contribution in [0.5, 0.6) is 0 Å². The highest BCUT2D eigenvalue weighted by Gasteiger charge is 2.27. The van der Waals surface area contributed by atoms with E-state index in [1.54, 1.807) is 0 Å². The summed E-state index contributed by atoms with van der Waals surface area (Å²) in [6.07, 6.45) is 5.79. The average molecular weight is 244 g/mol. The molecule has 3 heteroatoms. The summed E-state index contributed by atoms with van der Waals surface area (Å²) in [7, 11) is 0. The molecule has 1 aliphatic rings. The van der Waals surface area contributed by atoms with Crippen molar-refractivity contribution in [3.63, 3.8) is 0 Å². The first-order chi connectivity index (χ1) is 8.73. The van der Waals surface area contributed by atoms with Gasteiger partial charge < -0.3 is 10.5 Å². The highest BCUT2D eigenvalue weighted by Crippen LogP contribution is 2.26. The molecule has 96 valence electrons. The second-order valence-electron chi connectivity index (χ2n) is 5.18.